The highest BCUT2D eigenvalue weighted by molar-refractivity contribution is 8.00. The second-order valence-electron chi connectivity index (χ2n) is 6.99. The summed E-state index contributed by atoms with van der Waals surface area (Å²) in [6.45, 7) is 0.655. The van der Waals surface area contributed by atoms with E-state index in [1.165, 1.54) is 40.5 Å². The third-order valence-electron chi connectivity index (χ3n) is 3.86. The van der Waals surface area contributed by atoms with Crippen LogP contribution < -0.4 is 10.6 Å². The van der Waals surface area contributed by atoms with E-state index in [4.69, 9.17) is 5.11 Å². The number of nitrogens with one attached hydrogen (secondary N) is 2. The Labute approximate surface area is 220 Å². The molecule has 0 atom stereocenters. The highest BCUT2D eigenvalue weighted by Gasteiger charge is 2.28. The highest BCUT2D eigenvalue weighted by atomic mass is 32.2. The van der Waals surface area contributed by atoms with E-state index in [1.807, 2.05) is 19.5 Å². The van der Waals surface area contributed by atoms with Crippen molar-refractivity contribution in [3.05, 3.63) is 45.9 Å². The van der Waals surface area contributed by atoms with Gasteiger partial charge in [0.25, 0.3) is 0 Å². The second-order valence-corrected chi connectivity index (χ2v) is 10.1. The summed E-state index contributed by atoms with van der Waals surface area (Å²) in [7, 11) is 7.10. The van der Waals surface area contributed by atoms with Gasteiger partial charge in [-0.2, -0.15) is 13.2 Å². The number of anilines is 1. The van der Waals surface area contributed by atoms with Crippen LogP contribution in [0.2, 0.25) is 0 Å². The molecule has 3 rings (SSSR count). The molecule has 3 aromatic rings. The second kappa shape index (κ2) is 16.3. The molecule has 2 heterocycles. The fraction of sp³-hybridized carbons (Fsp3) is 0.364. The van der Waals surface area contributed by atoms with Crippen LogP contribution in [-0.4, -0.2) is 66.4 Å². The van der Waals surface area contributed by atoms with E-state index in [0.29, 0.717) is 18.4 Å². The summed E-state index contributed by atoms with van der Waals surface area (Å²) >= 11 is 2.89. The monoisotopic (exact) mass is 563 g/mol. The van der Waals surface area contributed by atoms with Crippen molar-refractivity contribution in [2.75, 3.05) is 33.5 Å². The van der Waals surface area contributed by atoms with Crippen LogP contribution in [0.15, 0.2) is 34.5 Å². The van der Waals surface area contributed by atoms with E-state index in [9.17, 15) is 22.8 Å². The van der Waals surface area contributed by atoms with Crippen LogP contribution in [0.25, 0.3) is 10.6 Å². The molecule has 0 bridgehead atoms. The number of aliphatic hydroxyl groups is 1. The van der Waals surface area contributed by atoms with Crippen molar-refractivity contribution in [3.8, 4) is 10.6 Å². The number of aromatic nitrogens is 2. The van der Waals surface area contributed by atoms with Gasteiger partial charge in [0.05, 0.1) is 22.9 Å². The number of thiazole rings is 2. The van der Waals surface area contributed by atoms with Gasteiger partial charge in [-0.3, -0.25) is 4.79 Å². The first-order valence-corrected chi connectivity index (χ1v) is 12.9. The van der Waals surface area contributed by atoms with E-state index < -0.39 is 5.51 Å². The van der Waals surface area contributed by atoms with Gasteiger partial charge in [-0.15, -0.1) is 22.7 Å². The molecule has 3 N–H and O–H groups in total. The molecule has 1 aromatic carbocycles. The van der Waals surface area contributed by atoms with Crippen LogP contribution in [0.1, 0.15) is 16.3 Å². The molecule has 0 unspecified atom stereocenters. The molecule has 0 saturated carbocycles. The fourth-order valence-electron chi connectivity index (χ4n) is 2.37. The number of hydrogen-bond acceptors (Lipinski definition) is 10. The van der Waals surface area contributed by atoms with Crippen molar-refractivity contribution >= 4 is 52.3 Å². The van der Waals surface area contributed by atoms with Crippen LogP contribution in [-0.2, 0) is 29.2 Å². The van der Waals surface area contributed by atoms with Gasteiger partial charge in [0.1, 0.15) is 11.3 Å². The molecule has 198 valence electrons. The number of aldehydes is 1. The molecule has 0 fully saturated rings. The zero-order valence-corrected chi connectivity index (χ0v) is 22.6. The minimum absolute atomic E-state index is 0.0234. The number of aliphatic hydroxyl groups excluding tert-OH is 1. The van der Waals surface area contributed by atoms with Crippen molar-refractivity contribution in [2.24, 2.45) is 0 Å². The Morgan fingerprint density at radius 1 is 1.14 bits per heavy atom. The Balaban J connectivity index is 0.000000308. The number of carbonyl (C=O) groups is 2. The van der Waals surface area contributed by atoms with Gasteiger partial charge in [0.2, 0.25) is 6.41 Å². The van der Waals surface area contributed by atoms with E-state index in [2.05, 4.69) is 20.6 Å². The lowest BCUT2D eigenvalue weighted by Crippen LogP contribution is -2.06. The first-order chi connectivity index (χ1) is 17.1. The van der Waals surface area contributed by atoms with E-state index in [-0.39, 0.29) is 29.7 Å². The lowest BCUT2D eigenvalue weighted by molar-refractivity contribution is -0.116. The molecule has 0 spiro atoms. The summed E-state index contributed by atoms with van der Waals surface area (Å²) in [5, 5.41) is 18.8. The number of halogens is 3. The van der Waals surface area contributed by atoms with Gasteiger partial charge in [-0.1, -0.05) is 12.1 Å². The largest absolute Gasteiger partial charge is 0.446 e. The molecule has 0 aliphatic heterocycles. The maximum absolute atomic E-state index is 11.9. The predicted molar refractivity (Wildman–Crippen MR) is 139 cm³/mol. The molecule has 36 heavy (non-hydrogen) atoms. The summed E-state index contributed by atoms with van der Waals surface area (Å²) in [5.74, 6) is 0. The van der Waals surface area contributed by atoms with Gasteiger partial charge in [0.15, 0.2) is 5.13 Å². The average Bonchev–Trinajstić information content (AvgIpc) is 3.47. The summed E-state index contributed by atoms with van der Waals surface area (Å²) in [6.07, 6.45) is 1.70. The summed E-state index contributed by atoms with van der Waals surface area (Å²) < 4.78 is 35.7. The number of carbonyl (C=O) groups excluding carboxylic acids is 2. The van der Waals surface area contributed by atoms with E-state index >= 15 is 0 Å². The fourth-order valence-corrected chi connectivity index (χ4v) is 4.55. The van der Waals surface area contributed by atoms with E-state index in [0.717, 1.165) is 32.8 Å². The topological polar surface area (TPSA) is 107 Å². The Morgan fingerprint density at radius 2 is 1.78 bits per heavy atom. The highest BCUT2D eigenvalue weighted by Crippen LogP contribution is 2.36. The molecular weight excluding hydrogens is 535 g/mol. The van der Waals surface area contributed by atoms with E-state index in [1.54, 1.807) is 25.4 Å². The zero-order valence-electron chi connectivity index (χ0n) is 20.1. The third kappa shape index (κ3) is 11.9. The first-order valence-electron chi connectivity index (χ1n) is 10.3. The zero-order chi connectivity index (χ0) is 27.1. The number of amides is 1. The molecule has 0 aliphatic carbocycles. The van der Waals surface area contributed by atoms with Crippen molar-refractivity contribution in [1.29, 1.82) is 0 Å². The standard InChI is InChI=1S/C10H14N4OS2.C9H7F3OS.C3H7NO/c1-11-3-6-9(17-8(4-15)13-6)7-5-16-10(12-2)14-7;10-9(11,12)14-8-3-1-7(2-4-8)5-6-13;1-4(2)3-5/h5,11,15H,3-4H2,1-2H3,(H,12,14);1-4,6H,5H2;3H,1-2H3. The molecular formula is C22H28F3N5O3S3. The van der Waals surface area contributed by atoms with Gasteiger partial charge < -0.3 is 25.4 Å². The predicted octanol–water partition coefficient (Wildman–Crippen LogP) is 4.26. The summed E-state index contributed by atoms with van der Waals surface area (Å²) in [5.41, 5.74) is -1.69. The number of nitrogens with zero attached hydrogens (tertiary/aromatic N) is 3. The lowest BCUT2D eigenvalue weighted by Gasteiger charge is -2.05. The van der Waals surface area contributed by atoms with Crippen LogP contribution in [0, 0.1) is 0 Å². The molecule has 1 amide bonds. The molecule has 0 radical (unpaired) electrons. The molecule has 2 aromatic heterocycles. The molecule has 0 aliphatic rings. The normalized spacial score (nSPS) is 10.4. The van der Waals surface area contributed by atoms with Crippen molar-refractivity contribution < 1.29 is 27.9 Å². The number of rotatable bonds is 9. The Kier molecular flexibility index (Phi) is 14.2. The number of benzene rings is 1. The molecule has 14 heteroatoms. The number of hydrogen-bond donors (Lipinski definition) is 3. The number of alkyl halides is 3. The maximum atomic E-state index is 11.9. The van der Waals surface area contributed by atoms with Gasteiger partial charge in [-0.25, -0.2) is 9.97 Å². The molecule has 0 saturated heterocycles. The minimum Gasteiger partial charge on any atom is -0.389 e. The van der Waals surface area contributed by atoms with Crippen LogP contribution in [0.4, 0.5) is 18.3 Å². The first kappa shape index (κ1) is 31.5. The smallest absolute Gasteiger partial charge is 0.389 e. The van der Waals surface area contributed by atoms with Gasteiger partial charge in [0, 0.05) is 44.4 Å². The summed E-state index contributed by atoms with van der Waals surface area (Å²) in [6, 6.07) is 5.75. The van der Waals surface area contributed by atoms with Crippen LogP contribution >= 0.6 is 34.4 Å². The van der Waals surface area contributed by atoms with Crippen molar-refractivity contribution in [2.45, 2.75) is 30.0 Å². The number of thioether (sulfide) groups is 1. The summed E-state index contributed by atoms with van der Waals surface area (Å²) in [4.78, 5) is 31.0. The minimum atomic E-state index is -4.26. The van der Waals surface area contributed by atoms with Crippen molar-refractivity contribution in [3.63, 3.8) is 0 Å². The quantitative estimate of drug-likeness (QED) is 0.262. The Bertz CT molecular complexity index is 1060. The van der Waals surface area contributed by atoms with Crippen LogP contribution in [0.3, 0.4) is 0 Å². The third-order valence-corrected chi connectivity index (χ3v) is 6.56. The van der Waals surface area contributed by atoms with Gasteiger partial charge >= 0.3 is 5.51 Å². The SMILES string of the molecule is CN(C)C=O.CNCc1nc(CO)sc1-c1csc(NC)n1.O=CCc1ccc(SC(F)(F)F)cc1. The maximum Gasteiger partial charge on any atom is 0.446 e. The molecule has 8 nitrogen and oxygen atoms in total. The lowest BCUT2D eigenvalue weighted by atomic mass is 10.2. The van der Waals surface area contributed by atoms with Gasteiger partial charge in [-0.05, 0) is 36.5 Å². The van der Waals surface area contributed by atoms with Crippen molar-refractivity contribution in [1.82, 2.24) is 20.2 Å². The average molecular weight is 564 g/mol. The Hall–Kier alpha value is -2.52. The Morgan fingerprint density at radius 3 is 2.22 bits per heavy atom. The van der Waals surface area contributed by atoms with Crippen LogP contribution in [0.5, 0.6) is 0 Å².